The second-order valence-electron chi connectivity index (χ2n) is 3.93. The molecular formula is C14H17NO5. The molecule has 0 unspecified atom stereocenters. The molecular weight excluding hydrogens is 262 g/mol. The second-order valence-corrected chi connectivity index (χ2v) is 3.93. The number of carbonyl (C=O) groups excluding carboxylic acids is 2. The van der Waals surface area contributed by atoms with E-state index < -0.39 is 11.9 Å². The Morgan fingerprint density at radius 1 is 1.15 bits per heavy atom. The molecule has 0 saturated carbocycles. The highest BCUT2D eigenvalue weighted by atomic mass is 16.7. The molecule has 0 aliphatic carbocycles. The number of hydrogen-bond acceptors (Lipinski definition) is 6. The van der Waals surface area contributed by atoms with Crippen molar-refractivity contribution in [3.05, 3.63) is 23.8 Å². The molecule has 1 aromatic rings. The van der Waals surface area contributed by atoms with Crippen LogP contribution in [0.5, 0.6) is 11.5 Å². The summed E-state index contributed by atoms with van der Waals surface area (Å²) in [4.78, 5) is 26.4. The molecule has 6 nitrogen and oxygen atoms in total. The Balaban J connectivity index is 3.09. The molecule has 1 aromatic carbocycles. The molecule has 0 fully saturated rings. The normalized spacial score (nSPS) is 10.9. The quantitative estimate of drug-likeness (QED) is 0.272. The highest BCUT2D eigenvalue weighted by molar-refractivity contribution is 6.00. The lowest BCUT2D eigenvalue weighted by molar-refractivity contribution is -0.141. The lowest BCUT2D eigenvalue weighted by Crippen LogP contribution is -2.06. The predicted octanol–water partition coefficient (Wildman–Crippen LogP) is 2.30. The lowest BCUT2D eigenvalue weighted by Gasteiger charge is -2.10. The van der Waals surface area contributed by atoms with Gasteiger partial charge in [0.25, 0.3) is 0 Å². The van der Waals surface area contributed by atoms with Gasteiger partial charge in [-0.05, 0) is 24.6 Å². The zero-order valence-electron chi connectivity index (χ0n) is 11.9. The molecule has 20 heavy (non-hydrogen) atoms. The van der Waals surface area contributed by atoms with Gasteiger partial charge < -0.3 is 14.3 Å². The fourth-order valence-corrected chi connectivity index (χ4v) is 1.53. The van der Waals surface area contributed by atoms with E-state index in [1.165, 1.54) is 21.0 Å². The van der Waals surface area contributed by atoms with Gasteiger partial charge in [-0.1, -0.05) is 12.1 Å². The minimum atomic E-state index is -0.487. The van der Waals surface area contributed by atoms with Crippen LogP contribution in [-0.4, -0.2) is 24.8 Å². The van der Waals surface area contributed by atoms with Crippen LogP contribution in [0.1, 0.15) is 32.8 Å². The first kappa shape index (κ1) is 15.7. The number of methoxy groups -OCH3 is 1. The first-order valence-corrected chi connectivity index (χ1v) is 6.09. The van der Waals surface area contributed by atoms with Crippen LogP contribution in [0.4, 0.5) is 0 Å². The van der Waals surface area contributed by atoms with Gasteiger partial charge in [-0.2, -0.15) is 0 Å². The van der Waals surface area contributed by atoms with Crippen LogP contribution in [-0.2, 0) is 14.4 Å². The molecule has 0 heterocycles. The lowest BCUT2D eigenvalue weighted by atomic mass is 10.1. The van der Waals surface area contributed by atoms with E-state index in [1.807, 2.05) is 6.92 Å². The third-order valence-corrected chi connectivity index (χ3v) is 2.37. The standard InChI is InChI=1S/C14H17NO5/c1-5-12(15-20-10(3)17)11-6-7-13(19-9(2)16)14(8-11)18-4/h6-8H,5H2,1-4H3/b15-12-. The molecule has 108 valence electrons. The first-order valence-electron chi connectivity index (χ1n) is 6.09. The van der Waals surface area contributed by atoms with Crippen molar-refractivity contribution in [2.24, 2.45) is 5.16 Å². The number of rotatable bonds is 5. The van der Waals surface area contributed by atoms with E-state index in [1.54, 1.807) is 18.2 Å². The van der Waals surface area contributed by atoms with E-state index in [2.05, 4.69) is 9.99 Å². The highest BCUT2D eigenvalue weighted by Gasteiger charge is 2.11. The van der Waals surface area contributed by atoms with E-state index in [-0.39, 0.29) is 0 Å². The summed E-state index contributed by atoms with van der Waals surface area (Å²) < 4.78 is 10.2. The van der Waals surface area contributed by atoms with Crippen LogP contribution in [0.15, 0.2) is 23.4 Å². The number of esters is 1. The fraction of sp³-hybridized carbons (Fsp3) is 0.357. The largest absolute Gasteiger partial charge is 0.493 e. The molecule has 0 N–H and O–H groups in total. The van der Waals surface area contributed by atoms with Gasteiger partial charge in [0.2, 0.25) is 0 Å². The Morgan fingerprint density at radius 2 is 1.85 bits per heavy atom. The summed E-state index contributed by atoms with van der Waals surface area (Å²) >= 11 is 0. The molecule has 0 aliphatic heterocycles. The van der Waals surface area contributed by atoms with Crippen molar-refractivity contribution < 1.29 is 23.9 Å². The molecule has 0 aliphatic rings. The number of carbonyl (C=O) groups is 2. The summed E-state index contributed by atoms with van der Waals surface area (Å²) in [6.07, 6.45) is 0.573. The Labute approximate surface area is 117 Å². The smallest absolute Gasteiger partial charge is 0.331 e. The van der Waals surface area contributed by atoms with Crippen LogP contribution in [0.3, 0.4) is 0 Å². The Bertz CT molecular complexity index is 536. The van der Waals surface area contributed by atoms with Crippen molar-refractivity contribution in [3.8, 4) is 11.5 Å². The second kappa shape index (κ2) is 7.28. The summed E-state index contributed by atoms with van der Waals surface area (Å²) in [5.41, 5.74) is 1.31. The minimum absolute atomic E-state index is 0.326. The van der Waals surface area contributed by atoms with Crippen LogP contribution in [0, 0.1) is 0 Å². The van der Waals surface area contributed by atoms with Gasteiger partial charge in [-0.25, -0.2) is 4.79 Å². The van der Waals surface area contributed by atoms with Crippen LogP contribution < -0.4 is 9.47 Å². The maximum Gasteiger partial charge on any atom is 0.331 e. The summed E-state index contributed by atoms with van der Waals surface area (Å²) in [6.45, 7) is 4.48. The third kappa shape index (κ3) is 4.38. The van der Waals surface area contributed by atoms with Crippen LogP contribution in [0.25, 0.3) is 0 Å². The summed E-state index contributed by atoms with van der Waals surface area (Å²) in [5.74, 6) is -0.187. The predicted molar refractivity (Wildman–Crippen MR) is 72.9 cm³/mol. The molecule has 0 radical (unpaired) electrons. The van der Waals surface area contributed by atoms with Gasteiger partial charge in [0, 0.05) is 19.4 Å². The highest BCUT2D eigenvalue weighted by Crippen LogP contribution is 2.28. The van der Waals surface area contributed by atoms with Crippen molar-refractivity contribution in [2.75, 3.05) is 7.11 Å². The number of hydrogen-bond donors (Lipinski definition) is 0. The monoisotopic (exact) mass is 279 g/mol. The van der Waals surface area contributed by atoms with Gasteiger partial charge in [-0.3, -0.25) is 4.79 Å². The Morgan fingerprint density at radius 3 is 2.35 bits per heavy atom. The van der Waals surface area contributed by atoms with Crippen molar-refractivity contribution >= 4 is 17.7 Å². The summed E-state index contributed by atoms with van der Waals surface area (Å²) in [6, 6.07) is 4.99. The molecule has 0 atom stereocenters. The molecule has 0 aromatic heterocycles. The van der Waals surface area contributed by atoms with E-state index >= 15 is 0 Å². The Hall–Kier alpha value is -2.37. The maximum absolute atomic E-state index is 11.0. The van der Waals surface area contributed by atoms with E-state index in [9.17, 15) is 9.59 Å². The number of oxime groups is 1. The summed E-state index contributed by atoms with van der Waals surface area (Å²) in [5, 5.41) is 3.78. The number of ether oxygens (including phenoxy) is 2. The molecule has 0 amide bonds. The van der Waals surface area contributed by atoms with Crippen molar-refractivity contribution in [1.82, 2.24) is 0 Å². The number of benzene rings is 1. The minimum Gasteiger partial charge on any atom is -0.493 e. The van der Waals surface area contributed by atoms with Crippen molar-refractivity contribution in [1.29, 1.82) is 0 Å². The third-order valence-electron chi connectivity index (χ3n) is 2.37. The topological polar surface area (TPSA) is 74.2 Å². The molecule has 6 heteroatoms. The maximum atomic E-state index is 11.0. The van der Waals surface area contributed by atoms with Crippen LogP contribution in [0.2, 0.25) is 0 Å². The number of nitrogens with zero attached hydrogens (tertiary/aromatic N) is 1. The van der Waals surface area contributed by atoms with Gasteiger partial charge in [0.1, 0.15) is 0 Å². The average molecular weight is 279 g/mol. The van der Waals surface area contributed by atoms with Crippen molar-refractivity contribution in [2.45, 2.75) is 27.2 Å². The van der Waals surface area contributed by atoms with E-state index in [0.29, 0.717) is 23.6 Å². The molecule has 0 saturated heterocycles. The van der Waals surface area contributed by atoms with E-state index in [0.717, 1.165) is 5.56 Å². The van der Waals surface area contributed by atoms with Gasteiger partial charge in [-0.15, -0.1) is 0 Å². The zero-order chi connectivity index (χ0) is 15.1. The van der Waals surface area contributed by atoms with Gasteiger partial charge >= 0.3 is 11.9 Å². The Kier molecular flexibility index (Phi) is 5.71. The summed E-state index contributed by atoms with van der Waals surface area (Å²) in [7, 11) is 1.47. The van der Waals surface area contributed by atoms with Gasteiger partial charge in [0.15, 0.2) is 11.5 Å². The SMILES string of the molecule is CC/C(=N/OC(C)=O)c1ccc(OC(C)=O)c(OC)c1. The molecule has 1 rings (SSSR count). The van der Waals surface area contributed by atoms with Crippen LogP contribution >= 0.6 is 0 Å². The first-order chi connectivity index (χ1) is 9.47. The fourth-order valence-electron chi connectivity index (χ4n) is 1.53. The van der Waals surface area contributed by atoms with Crippen molar-refractivity contribution in [3.63, 3.8) is 0 Å². The molecule has 0 spiro atoms. The molecule has 0 bridgehead atoms. The van der Waals surface area contributed by atoms with Gasteiger partial charge in [0.05, 0.1) is 12.8 Å². The average Bonchev–Trinajstić information content (AvgIpc) is 2.39. The zero-order valence-corrected chi connectivity index (χ0v) is 11.9. The van der Waals surface area contributed by atoms with E-state index in [4.69, 9.17) is 9.47 Å².